The molecule has 34 heavy (non-hydrogen) atoms. The Morgan fingerprint density at radius 1 is 1.06 bits per heavy atom. The molecule has 3 aromatic rings. The molecule has 2 aliphatic rings. The first-order chi connectivity index (χ1) is 16.5. The van der Waals surface area contributed by atoms with Crippen LogP contribution in [0.2, 0.25) is 0 Å². The molecule has 0 bridgehead atoms. The van der Waals surface area contributed by atoms with Crippen LogP contribution in [0.3, 0.4) is 0 Å². The Balaban J connectivity index is 1.43. The second-order valence-corrected chi connectivity index (χ2v) is 9.34. The molecule has 1 amide bonds. The molecular weight excluding hydrogens is 426 g/mol. The quantitative estimate of drug-likeness (QED) is 0.417. The van der Waals surface area contributed by atoms with Gasteiger partial charge in [-0.3, -0.25) is 9.78 Å². The number of pyridine rings is 1. The highest BCUT2D eigenvalue weighted by atomic mass is 16.1. The van der Waals surface area contributed by atoms with Crippen LogP contribution in [0.1, 0.15) is 66.2 Å². The second-order valence-electron chi connectivity index (χ2n) is 9.34. The summed E-state index contributed by atoms with van der Waals surface area (Å²) in [6.07, 6.45) is 8.03. The van der Waals surface area contributed by atoms with Crippen molar-refractivity contribution >= 4 is 29.0 Å². The van der Waals surface area contributed by atoms with Gasteiger partial charge in [-0.15, -0.1) is 0 Å². The predicted octanol–water partition coefficient (Wildman–Crippen LogP) is 4.41. The van der Waals surface area contributed by atoms with E-state index < -0.39 is 0 Å². The number of nitrogens with zero attached hydrogens (tertiary/aromatic N) is 3. The Bertz CT molecular complexity index is 1190. The molecule has 1 aliphatic carbocycles. The topological polar surface area (TPSA) is 104 Å². The molecule has 5 rings (SSSR count). The van der Waals surface area contributed by atoms with Crippen molar-refractivity contribution < 1.29 is 4.79 Å². The average molecular weight is 458 g/mol. The highest BCUT2D eigenvalue weighted by Crippen LogP contribution is 2.36. The van der Waals surface area contributed by atoms with Gasteiger partial charge in [-0.05, 0) is 75.0 Å². The largest absolute Gasteiger partial charge is 0.350 e. The van der Waals surface area contributed by atoms with E-state index in [0.29, 0.717) is 23.2 Å². The molecule has 3 heterocycles. The smallest absolute Gasteiger partial charge is 0.256 e. The van der Waals surface area contributed by atoms with E-state index in [1.54, 1.807) is 6.20 Å². The molecule has 1 aliphatic heterocycles. The van der Waals surface area contributed by atoms with Gasteiger partial charge < -0.3 is 21.3 Å². The lowest BCUT2D eigenvalue weighted by Crippen LogP contribution is -2.31. The van der Waals surface area contributed by atoms with E-state index in [1.165, 1.54) is 30.4 Å². The SMILES string of the molecule is CC(C)NC(=O)c1cnc(Nc2ccc3c(c2)CNCC3)nc1Nc1ccnc(C2CCC2)c1. The highest BCUT2D eigenvalue weighted by molar-refractivity contribution is 5.99. The van der Waals surface area contributed by atoms with E-state index in [4.69, 9.17) is 0 Å². The molecule has 0 unspecified atom stereocenters. The first kappa shape index (κ1) is 22.3. The molecule has 8 nitrogen and oxygen atoms in total. The second kappa shape index (κ2) is 9.77. The first-order valence-electron chi connectivity index (χ1n) is 12.1. The fraction of sp³-hybridized carbons (Fsp3) is 0.385. The normalized spacial score (nSPS) is 15.4. The maximum atomic E-state index is 12.9. The zero-order chi connectivity index (χ0) is 23.5. The number of hydrogen-bond donors (Lipinski definition) is 4. The lowest BCUT2D eigenvalue weighted by molar-refractivity contribution is 0.0943. The summed E-state index contributed by atoms with van der Waals surface area (Å²) < 4.78 is 0. The van der Waals surface area contributed by atoms with E-state index in [0.717, 1.165) is 36.6 Å². The van der Waals surface area contributed by atoms with Gasteiger partial charge in [0.25, 0.3) is 5.91 Å². The van der Waals surface area contributed by atoms with Crippen molar-refractivity contribution in [2.75, 3.05) is 17.2 Å². The van der Waals surface area contributed by atoms with E-state index in [1.807, 2.05) is 32.2 Å². The molecule has 0 saturated heterocycles. The van der Waals surface area contributed by atoms with E-state index >= 15 is 0 Å². The molecule has 0 radical (unpaired) electrons. The van der Waals surface area contributed by atoms with E-state index in [-0.39, 0.29) is 11.9 Å². The Morgan fingerprint density at radius 3 is 2.71 bits per heavy atom. The standard InChI is InChI=1S/C26H31N7O/c1-16(2)30-25(34)22-15-29-26(32-20-7-6-17-8-10-27-14-19(17)12-20)33-24(22)31-21-9-11-28-23(13-21)18-4-3-5-18/h6-7,9,11-13,15-16,18,27H,3-5,8,10,14H2,1-2H3,(H,30,34)(H2,28,29,31,32,33). The molecule has 4 N–H and O–H groups in total. The van der Waals surface area contributed by atoms with E-state index in [2.05, 4.69) is 54.4 Å². The maximum Gasteiger partial charge on any atom is 0.256 e. The fourth-order valence-corrected chi connectivity index (χ4v) is 4.32. The Morgan fingerprint density at radius 2 is 1.91 bits per heavy atom. The van der Waals surface area contributed by atoms with Gasteiger partial charge in [0, 0.05) is 48.0 Å². The number of hydrogen-bond acceptors (Lipinski definition) is 7. The number of benzene rings is 1. The Labute approximate surface area is 200 Å². The van der Waals surface area contributed by atoms with Crippen molar-refractivity contribution in [1.29, 1.82) is 0 Å². The minimum absolute atomic E-state index is 0.00778. The highest BCUT2D eigenvalue weighted by Gasteiger charge is 2.22. The molecule has 2 aromatic heterocycles. The van der Waals surface area contributed by atoms with Gasteiger partial charge in [-0.25, -0.2) is 4.98 Å². The predicted molar refractivity (Wildman–Crippen MR) is 134 cm³/mol. The van der Waals surface area contributed by atoms with Crippen LogP contribution < -0.4 is 21.3 Å². The Hall–Kier alpha value is -3.52. The summed E-state index contributed by atoms with van der Waals surface area (Å²) in [6, 6.07) is 10.3. The maximum absolute atomic E-state index is 12.9. The zero-order valence-electron chi connectivity index (χ0n) is 19.7. The average Bonchev–Trinajstić information content (AvgIpc) is 2.78. The molecule has 0 atom stereocenters. The summed E-state index contributed by atoms with van der Waals surface area (Å²) in [7, 11) is 0. The minimum Gasteiger partial charge on any atom is -0.350 e. The number of rotatable bonds is 7. The molecule has 1 saturated carbocycles. The molecule has 1 aromatic carbocycles. The van der Waals surface area contributed by atoms with Crippen LogP contribution in [0.15, 0.2) is 42.7 Å². The number of fused-ring (bicyclic) bond motifs is 1. The van der Waals surface area contributed by atoms with E-state index in [9.17, 15) is 4.79 Å². The van der Waals surface area contributed by atoms with Gasteiger partial charge in [0.15, 0.2) is 0 Å². The van der Waals surface area contributed by atoms with Gasteiger partial charge >= 0.3 is 0 Å². The number of carbonyl (C=O) groups is 1. The van der Waals surface area contributed by atoms with Crippen LogP contribution in [-0.2, 0) is 13.0 Å². The van der Waals surface area contributed by atoms with Crippen molar-refractivity contribution in [2.45, 2.75) is 58.0 Å². The fourth-order valence-electron chi connectivity index (χ4n) is 4.32. The Kier molecular flexibility index (Phi) is 6.40. The van der Waals surface area contributed by atoms with Gasteiger partial charge in [-0.1, -0.05) is 12.5 Å². The first-order valence-corrected chi connectivity index (χ1v) is 12.1. The van der Waals surface area contributed by atoms with Crippen LogP contribution in [-0.4, -0.2) is 33.4 Å². The van der Waals surface area contributed by atoms with Crippen LogP contribution in [0.25, 0.3) is 0 Å². The summed E-state index contributed by atoms with van der Waals surface area (Å²) in [5.41, 5.74) is 5.91. The van der Waals surface area contributed by atoms with Crippen LogP contribution >= 0.6 is 0 Å². The number of aromatic nitrogens is 3. The molecule has 176 valence electrons. The summed E-state index contributed by atoms with van der Waals surface area (Å²) in [4.78, 5) is 26.5. The van der Waals surface area contributed by atoms with Crippen molar-refractivity contribution in [2.24, 2.45) is 0 Å². The van der Waals surface area contributed by atoms with Gasteiger partial charge in [0.2, 0.25) is 5.95 Å². The number of carbonyl (C=O) groups excluding carboxylic acids is 1. The van der Waals surface area contributed by atoms with Crippen LogP contribution in [0, 0.1) is 0 Å². The number of anilines is 4. The van der Waals surface area contributed by atoms with Gasteiger partial charge in [0.1, 0.15) is 11.4 Å². The third-order valence-electron chi connectivity index (χ3n) is 6.37. The summed E-state index contributed by atoms with van der Waals surface area (Å²) in [6.45, 7) is 5.73. The van der Waals surface area contributed by atoms with Gasteiger partial charge in [0.05, 0.1) is 0 Å². The summed E-state index contributed by atoms with van der Waals surface area (Å²) >= 11 is 0. The van der Waals surface area contributed by atoms with Crippen molar-refractivity contribution in [1.82, 2.24) is 25.6 Å². The molecule has 8 heteroatoms. The third kappa shape index (κ3) is 5.02. The minimum atomic E-state index is -0.211. The van der Waals surface area contributed by atoms with Crippen LogP contribution in [0.5, 0.6) is 0 Å². The van der Waals surface area contributed by atoms with Crippen molar-refractivity contribution in [3.63, 3.8) is 0 Å². The lowest BCUT2D eigenvalue weighted by Gasteiger charge is -2.25. The van der Waals surface area contributed by atoms with Crippen molar-refractivity contribution in [3.05, 3.63) is 65.1 Å². The molecule has 1 fully saturated rings. The third-order valence-corrected chi connectivity index (χ3v) is 6.37. The summed E-state index contributed by atoms with van der Waals surface area (Å²) in [5, 5.41) is 13.0. The van der Waals surface area contributed by atoms with Crippen molar-refractivity contribution in [3.8, 4) is 0 Å². The van der Waals surface area contributed by atoms with Crippen LogP contribution in [0.4, 0.5) is 23.1 Å². The number of amides is 1. The molecular formula is C26H31N7O. The van der Waals surface area contributed by atoms with Gasteiger partial charge in [-0.2, -0.15) is 4.98 Å². The zero-order valence-corrected chi connectivity index (χ0v) is 19.7. The number of nitrogens with one attached hydrogen (secondary N) is 4. The molecule has 0 spiro atoms. The lowest BCUT2D eigenvalue weighted by atomic mass is 9.82. The monoisotopic (exact) mass is 457 g/mol. The summed E-state index contributed by atoms with van der Waals surface area (Å²) in [5.74, 6) is 1.20.